The topological polar surface area (TPSA) is 73.6 Å². The minimum absolute atomic E-state index is 0.0798. The molecule has 0 saturated heterocycles. The predicted octanol–water partition coefficient (Wildman–Crippen LogP) is 3.43. The van der Waals surface area contributed by atoms with E-state index in [-0.39, 0.29) is 29.5 Å². The zero-order chi connectivity index (χ0) is 19.8. The van der Waals surface area contributed by atoms with Crippen molar-refractivity contribution in [2.75, 3.05) is 6.61 Å². The first kappa shape index (κ1) is 18.2. The highest BCUT2D eigenvalue weighted by Crippen LogP contribution is 2.58. The summed E-state index contributed by atoms with van der Waals surface area (Å²) in [5.41, 5.74) is 2.05. The maximum atomic E-state index is 12.4. The Balaban J connectivity index is 1.81. The van der Waals surface area contributed by atoms with Gasteiger partial charge in [0.25, 0.3) is 0 Å². The van der Waals surface area contributed by atoms with Crippen molar-refractivity contribution in [2.45, 2.75) is 32.6 Å². The molecule has 0 bridgehead atoms. The Morgan fingerprint density at radius 1 is 1.32 bits per heavy atom. The lowest BCUT2D eigenvalue weighted by Crippen LogP contribution is -2.08. The van der Waals surface area contributed by atoms with Gasteiger partial charge in [0, 0.05) is 23.3 Å². The molecule has 5 nitrogen and oxygen atoms in total. The normalized spacial score (nSPS) is 22.4. The zero-order valence-corrected chi connectivity index (χ0v) is 15.8. The minimum atomic E-state index is -0.502. The molecule has 2 aliphatic rings. The third kappa shape index (κ3) is 3.27. The van der Waals surface area contributed by atoms with Crippen LogP contribution < -0.4 is 5.63 Å². The number of allylic oxidation sites excluding steroid dienone is 1. The summed E-state index contributed by atoms with van der Waals surface area (Å²) in [6, 6.07) is 5.44. The Labute approximate surface area is 162 Å². The molecule has 3 unspecified atom stereocenters. The number of benzene rings is 1. The number of rotatable bonds is 4. The van der Waals surface area contributed by atoms with Crippen molar-refractivity contribution in [3.63, 3.8) is 0 Å². The van der Waals surface area contributed by atoms with Gasteiger partial charge in [0.1, 0.15) is 5.58 Å². The Hall–Kier alpha value is -3.13. The van der Waals surface area contributed by atoms with Crippen molar-refractivity contribution >= 4 is 28.8 Å². The van der Waals surface area contributed by atoms with E-state index in [0.717, 1.165) is 29.4 Å². The van der Waals surface area contributed by atoms with Crippen LogP contribution in [0.25, 0.3) is 17.0 Å². The minimum Gasteiger partial charge on any atom is -0.466 e. The Kier molecular flexibility index (Phi) is 4.64. The highest BCUT2D eigenvalue weighted by Gasteiger charge is 2.56. The van der Waals surface area contributed by atoms with E-state index in [2.05, 4.69) is 11.8 Å². The molecule has 3 atom stereocenters. The molecule has 1 aromatic carbocycles. The molecule has 2 aliphatic carbocycles. The average Bonchev–Trinajstić information content (AvgIpc) is 3.34. The Morgan fingerprint density at radius 3 is 2.89 bits per heavy atom. The van der Waals surface area contributed by atoms with Crippen molar-refractivity contribution in [2.24, 2.45) is 11.8 Å². The molecular weight excluding hydrogens is 356 g/mol. The fourth-order valence-corrected chi connectivity index (χ4v) is 4.02. The second-order valence-electron chi connectivity index (χ2n) is 7.22. The quantitative estimate of drug-likeness (QED) is 0.354. The summed E-state index contributed by atoms with van der Waals surface area (Å²) in [5, 5.41) is 0.747. The van der Waals surface area contributed by atoms with Gasteiger partial charge in [-0.25, -0.2) is 4.79 Å². The Morgan fingerprint density at radius 2 is 2.14 bits per heavy atom. The molecule has 2 aromatic rings. The van der Waals surface area contributed by atoms with Gasteiger partial charge in [-0.2, -0.15) is 0 Å². The summed E-state index contributed by atoms with van der Waals surface area (Å²) < 4.78 is 10.7. The van der Waals surface area contributed by atoms with Gasteiger partial charge in [-0.15, -0.1) is 0 Å². The maximum absolute atomic E-state index is 12.4. The predicted molar refractivity (Wildman–Crippen MR) is 105 cm³/mol. The van der Waals surface area contributed by atoms with Crippen LogP contribution in [0.5, 0.6) is 0 Å². The van der Waals surface area contributed by atoms with E-state index in [1.807, 2.05) is 13.0 Å². The van der Waals surface area contributed by atoms with E-state index in [1.54, 1.807) is 12.1 Å². The number of hydrogen-bond donors (Lipinski definition) is 0. The van der Waals surface area contributed by atoms with Gasteiger partial charge in [0.05, 0.1) is 18.1 Å². The van der Waals surface area contributed by atoms with Crippen LogP contribution >= 0.6 is 0 Å². The molecule has 0 N–H and O–H groups in total. The molecule has 5 heteroatoms. The third-order valence-corrected chi connectivity index (χ3v) is 5.34. The smallest absolute Gasteiger partial charge is 0.343 e. The van der Waals surface area contributed by atoms with E-state index in [0.29, 0.717) is 17.8 Å². The summed E-state index contributed by atoms with van der Waals surface area (Å²) >= 11 is 0. The molecule has 0 radical (unpaired) electrons. The van der Waals surface area contributed by atoms with Gasteiger partial charge in [-0.05, 0) is 62.1 Å². The molecule has 0 amide bonds. The van der Waals surface area contributed by atoms with Gasteiger partial charge in [0.2, 0.25) is 0 Å². The lowest BCUT2D eigenvalue weighted by atomic mass is 9.96. The first-order valence-electron chi connectivity index (χ1n) is 9.45. The fraction of sp³-hybridized carbons (Fsp3) is 0.348. The molecule has 28 heavy (non-hydrogen) atoms. The van der Waals surface area contributed by atoms with Crippen LogP contribution in [0.2, 0.25) is 0 Å². The third-order valence-electron chi connectivity index (χ3n) is 5.34. The highest BCUT2D eigenvalue weighted by molar-refractivity contribution is 5.92. The highest BCUT2D eigenvalue weighted by atomic mass is 16.5. The van der Waals surface area contributed by atoms with Crippen molar-refractivity contribution in [3.05, 3.63) is 51.4 Å². The first-order chi connectivity index (χ1) is 13.5. The molecule has 1 saturated carbocycles. The average molecular weight is 376 g/mol. The van der Waals surface area contributed by atoms with E-state index in [1.165, 1.54) is 19.1 Å². The second-order valence-corrected chi connectivity index (χ2v) is 7.22. The number of ether oxygens (including phenoxy) is 1. The van der Waals surface area contributed by atoms with E-state index in [9.17, 15) is 14.4 Å². The van der Waals surface area contributed by atoms with Gasteiger partial charge >= 0.3 is 11.6 Å². The largest absolute Gasteiger partial charge is 0.466 e. The summed E-state index contributed by atoms with van der Waals surface area (Å²) in [5.74, 6) is 6.16. The molecule has 1 fully saturated rings. The lowest BCUT2D eigenvalue weighted by molar-refractivity contribution is -0.145. The molecule has 0 aliphatic heterocycles. The van der Waals surface area contributed by atoms with Gasteiger partial charge in [-0.1, -0.05) is 11.8 Å². The molecule has 4 rings (SSSR count). The fourth-order valence-electron chi connectivity index (χ4n) is 4.02. The summed E-state index contributed by atoms with van der Waals surface area (Å²) in [7, 11) is 0. The zero-order valence-electron chi connectivity index (χ0n) is 15.8. The molecular formula is C23H20O5. The SMILES string of the molecule is CCOC(=O)C1C2CCC#Cc3cc4oc(=O)c(/C=C/C(C)=O)cc4cc3C21. The van der Waals surface area contributed by atoms with Crippen LogP contribution in [-0.2, 0) is 14.3 Å². The van der Waals surface area contributed by atoms with E-state index < -0.39 is 5.63 Å². The maximum Gasteiger partial charge on any atom is 0.343 e. The van der Waals surface area contributed by atoms with Crippen molar-refractivity contribution in [1.82, 2.24) is 0 Å². The molecule has 142 valence electrons. The number of hydrogen-bond acceptors (Lipinski definition) is 5. The lowest BCUT2D eigenvalue weighted by Gasteiger charge is -2.09. The Bertz CT molecular complexity index is 1130. The van der Waals surface area contributed by atoms with E-state index in [4.69, 9.17) is 9.15 Å². The van der Waals surface area contributed by atoms with Crippen LogP contribution in [0.4, 0.5) is 0 Å². The van der Waals surface area contributed by atoms with Crippen molar-refractivity contribution in [1.29, 1.82) is 0 Å². The number of ketones is 1. The van der Waals surface area contributed by atoms with E-state index >= 15 is 0 Å². The van der Waals surface area contributed by atoms with Crippen LogP contribution in [-0.4, -0.2) is 18.4 Å². The summed E-state index contributed by atoms with van der Waals surface area (Å²) in [6.45, 7) is 3.60. The monoisotopic (exact) mass is 376 g/mol. The van der Waals surface area contributed by atoms with Crippen LogP contribution in [0.1, 0.15) is 49.3 Å². The second kappa shape index (κ2) is 7.12. The molecule has 1 aromatic heterocycles. The van der Waals surface area contributed by atoms with Gasteiger partial charge in [0.15, 0.2) is 5.78 Å². The van der Waals surface area contributed by atoms with Crippen LogP contribution in [0.15, 0.2) is 33.5 Å². The first-order valence-corrected chi connectivity index (χ1v) is 9.45. The van der Waals surface area contributed by atoms with Crippen molar-refractivity contribution in [3.8, 4) is 11.8 Å². The molecule has 1 heterocycles. The standard InChI is InChI=1S/C23H20O5/c1-3-27-23(26)21-17-7-5-4-6-14-12-19-16(11-18(14)20(17)21)10-15(22(25)28-19)9-8-13(2)24/h8-12,17,20-21H,3,5,7H2,1-2H3/b9-8+. The van der Waals surface area contributed by atoms with Gasteiger partial charge in [-0.3, -0.25) is 9.59 Å². The number of esters is 1. The van der Waals surface area contributed by atoms with Crippen LogP contribution in [0, 0.1) is 23.7 Å². The number of carbonyl (C=O) groups excluding carboxylic acids is 2. The van der Waals surface area contributed by atoms with Gasteiger partial charge < -0.3 is 9.15 Å². The van der Waals surface area contributed by atoms with Crippen molar-refractivity contribution < 1.29 is 18.7 Å². The molecule has 0 spiro atoms. The number of carbonyl (C=O) groups is 2. The summed E-state index contributed by atoms with van der Waals surface area (Å²) in [4.78, 5) is 35.7. The van der Waals surface area contributed by atoms with Crippen LogP contribution in [0.3, 0.4) is 0 Å². The summed E-state index contributed by atoms with van der Waals surface area (Å²) in [6.07, 6.45) is 4.40. The number of fused-ring (bicyclic) bond motifs is 4.